The van der Waals surface area contributed by atoms with Crippen molar-refractivity contribution in [3.05, 3.63) is 78.0 Å². The zero-order valence-corrected chi connectivity index (χ0v) is 19.4. The number of carbonyl (C=O) groups is 1. The van der Waals surface area contributed by atoms with E-state index >= 15 is 0 Å². The van der Waals surface area contributed by atoms with Gasteiger partial charge in [-0.05, 0) is 47.2 Å². The Morgan fingerprint density at radius 2 is 1.59 bits per heavy atom. The lowest BCUT2D eigenvalue weighted by molar-refractivity contribution is 0.0684. The van der Waals surface area contributed by atoms with Crippen LogP contribution in [0.15, 0.2) is 72.0 Å². The van der Waals surface area contributed by atoms with Crippen molar-refractivity contribution in [3.63, 3.8) is 0 Å². The van der Waals surface area contributed by atoms with Gasteiger partial charge in [0, 0.05) is 49.2 Å². The number of hydrogen-bond donors (Lipinski definition) is 0. The number of amides is 1. The van der Waals surface area contributed by atoms with Gasteiger partial charge in [-0.1, -0.05) is 23.7 Å². The molecule has 0 aliphatic carbocycles. The minimum atomic E-state index is -3.70. The summed E-state index contributed by atoms with van der Waals surface area (Å²) in [6.45, 7) is 0.817. The Balaban J connectivity index is 1.27. The fourth-order valence-electron chi connectivity index (χ4n) is 3.81. The number of piperazine rings is 1. The average molecular weight is 495 g/mol. The van der Waals surface area contributed by atoms with Crippen LogP contribution in [-0.4, -0.2) is 69.9 Å². The van der Waals surface area contributed by atoms with Crippen LogP contribution in [0.3, 0.4) is 0 Å². The highest BCUT2D eigenvalue weighted by Gasteiger charge is 2.31. The molecular weight excluding hydrogens is 476 g/mol. The van der Waals surface area contributed by atoms with Crippen LogP contribution >= 0.6 is 11.6 Å². The van der Waals surface area contributed by atoms with Crippen molar-refractivity contribution in [2.24, 2.45) is 0 Å². The van der Waals surface area contributed by atoms with Gasteiger partial charge < -0.3 is 4.90 Å². The van der Waals surface area contributed by atoms with Gasteiger partial charge in [0.15, 0.2) is 0 Å². The van der Waals surface area contributed by atoms with Crippen molar-refractivity contribution in [3.8, 4) is 11.3 Å². The molecule has 1 saturated heterocycles. The number of halogens is 1. The molecule has 5 rings (SSSR count). The topological polar surface area (TPSA) is 109 Å². The molecule has 0 saturated carbocycles. The van der Waals surface area contributed by atoms with Crippen molar-refractivity contribution in [1.29, 1.82) is 0 Å². The second kappa shape index (κ2) is 9.05. The lowest BCUT2D eigenvalue weighted by Crippen LogP contribution is -2.50. The van der Waals surface area contributed by atoms with E-state index in [0.29, 0.717) is 10.7 Å². The molecule has 1 fully saturated rings. The van der Waals surface area contributed by atoms with Crippen molar-refractivity contribution in [2.45, 2.75) is 4.90 Å². The highest BCUT2D eigenvalue weighted by molar-refractivity contribution is 7.89. The summed E-state index contributed by atoms with van der Waals surface area (Å²) in [5.74, 6) is -0.407. The van der Waals surface area contributed by atoms with Crippen LogP contribution in [0, 0.1) is 0 Å². The first-order chi connectivity index (χ1) is 16.4. The number of rotatable bonds is 4. The molecule has 0 spiro atoms. The molecule has 172 valence electrons. The second-order valence-corrected chi connectivity index (χ2v) is 10.1. The van der Waals surface area contributed by atoms with Gasteiger partial charge in [0.05, 0.1) is 11.1 Å². The molecule has 0 radical (unpaired) electrons. The molecule has 0 atom stereocenters. The number of aromatic nitrogens is 4. The minimum Gasteiger partial charge on any atom is -0.333 e. The van der Waals surface area contributed by atoms with Gasteiger partial charge in [-0.25, -0.2) is 13.4 Å². The number of sulfonamides is 1. The fraction of sp³-hybridized carbons (Fsp3) is 0.174. The number of carbonyl (C=O) groups excluding carboxylic acids is 1. The zero-order chi connectivity index (χ0) is 23.7. The fourth-order valence-corrected chi connectivity index (χ4v) is 5.44. The molecule has 4 aromatic rings. The number of nitrogens with zero attached hydrogens (tertiary/aromatic N) is 6. The molecule has 1 amide bonds. The average Bonchev–Trinajstić information content (AvgIpc) is 2.88. The highest BCUT2D eigenvalue weighted by atomic mass is 35.5. The Labute approximate surface area is 201 Å². The Morgan fingerprint density at radius 3 is 2.29 bits per heavy atom. The van der Waals surface area contributed by atoms with E-state index in [1.54, 1.807) is 60.9 Å². The van der Waals surface area contributed by atoms with Crippen molar-refractivity contribution in [1.82, 2.24) is 29.4 Å². The van der Waals surface area contributed by atoms with Gasteiger partial charge in [0.1, 0.15) is 5.69 Å². The number of fused-ring (bicyclic) bond motifs is 1. The van der Waals surface area contributed by atoms with E-state index in [1.165, 1.54) is 15.4 Å². The summed E-state index contributed by atoms with van der Waals surface area (Å²) in [6.07, 6.45) is 4.76. The first-order valence-corrected chi connectivity index (χ1v) is 12.3. The van der Waals surface area contributed by atoms with Gasteiger partial charge in [0.25, 0.3) is 5.91 Å². The van der Waals surface area contributed by atoms with Crippen LogP contribution in [0.1, 0.15) is 10.6 Å². The summed E-state index contributed by atoms with van der Waals surface area (Å²) in [5, 5.41) is 10.3. The predicted molar refractivity (Wildman–Crippen MR) is 127 cm³/mol. The monoisotopic (exact) mass is 494 g/mol. The summed E-state index contributed by atoms with van der Waals surface area (Å²) in [6, 6.07) is 13.8. The molecule has 1 aliphatic heterocycles. The molecule has 34 heavy (non-hydrogen) atoms. The predicted octanol–water partition coefficient (Wildman–Crippen LogP) is 2.89. The summed E-state index contributed by atoms with van der Waals surface area (Å²) < 4.78 is 27.7. The maximum absolute atomic E-state index is 13.2. The van der Waals surface area contributed by atoms with E-state index in [0.717, 1.165) is 16.3 Å². The first-order valence-electron chi connectivity index (χ1n) is 10.5. The van der Waals surface area contributed by atoms with Gasteiger partial charge >= 0.3 is 0 Å². The van der Waals surface area contributed by atoms with Gasteiger partial charge in [-0.3, -0.25) is 9.78 Å². The lowest BCUT2D eigenvalue weighted by Gasteiger charge is -2.33. The standard InChI is InChI=1S/C23H19ClN6O3S/c24-19-3-1-18-14-20(4-2-17(18)13-19)34(32,33)30-11-9-29(10-12-30)23(31)22-26-15-21(27-28-22)16-5-7-25-8-6-16/h1-8,13-15H,9-12H2. The molecule has 3 heterocycles. The van der Waals surface area contributed by atoms with E-state index in [-0.39, 0.29) is 42.8 Å². The van der Waals surface area contributed by atoms with E-state index in [9.17, 15) is 13.2 Å². The summed E-state index contributed by atoms with van der Waals surface area (Å²) in [7, 11) is -3.70. The largest absolute Gasteiger partial charge is 0.333 e. The smallest absolute Gasteiger partial charge is 0.293 e. The van der Waals surface area contributed by atoms with Crippen molar-refractivity contribution >= 4 is 38.3 Å². The maximum Gasteiger partial charge on any atom is 0.293 e. The SMILES string of the molecule is O=C(c1ncc(-c2ccncc2)nn1)N1CCN(S(=O)(=O)c2ccc3cc(Cl)ccc3c2)CC1. The van der Waals surface area contributed by atoms with Crippen LogP contribution in [0.2, 0.25) is 5.02 Å². The Hall–Kier alpha value is -3.47. The Bertz CT molecular complexity index is 1460. The van der Waals surface area contributed by atoms with E-state index in [4.69, 9.17) is 11.6 Å². The van der Waals surface area contributed by atoms with Gasteiger partial charge in [0.2, 0.25) is 15.8 Å². The highest BCUT2D eigenvalue weighted by Crippen LogP contribution is 2.25. The Kier molecular flexibility index (Phi) is 5.94. The molecule has 2 aromatic carbocycles. The number of pyridine rings is 1. The maximum atomic E-state index is 13.2. The number of hydrogen-bond acceptors (Lipinski definition) is 7. The van der Waals surface area contributed by atoms with Gasteiger partial charge in [-0.2, -0.15) is 4.31 Å². The van der Waals surface area contributed by atoms with Crippen LogP contribution in [0.5, 0.6) is 0 Å². The normalized spacial score (nSPS) is 14.9. The molecule has 0 N–H and O–H groups in total. The zero-order valence-electron chi connectivity index (χ0n) is 17.9. The summed E-state index contributed by atoms with van der Waals surface area (Å²) in [4.78, 5) is 22.7. The number of benzene rings is 2. The Morgan fingerprint density at radius 1 is 0.882 bits per heavy atom. The molecular formula is C23H19ClN6O3S. The van der Waals surface area contributed by atoms with Crippen LogP contribution in [0.25, 0.3) is 22.0 Å². The first kappa shape index (κ1) is 22.3. The van der Waals surface area contributed by atoms with Crippen LogP contribution < -0.4 is 0 Å². The molecule has 2 aromatic heterocycles. The molecule has 11 heteroatoms. The third kappa shape index (κ3) is 4.35. The summed E-state index contributed by atoms with van der Waals surface area (Å²) in [5.41, 5.74) is 1.33. The van der Waals surface area contributed by atoms with E-state index in [2.05, 4.69) is 20.2 Å². The molecule has 0 bridgehead atoms. The van der Waals surface area contributed by atoms with Crippen molar-refractivity contribution < 1.29 is 13.2 Å². The summed E-state index contributed by atoms with van der Waals surface area (Å²) >= 11 is 6.02. The molecule has 1 aliphatic rings. The second-order valence-electron chi connectivity index (χ2n) is 7.75. The third-order valence-corrected chi connectivity index (χ3v) is 7.80. The van der Waals surface area contributed by atoms with E-state index in [1.807, 2.05) is 0 Å². The minimum absolute atomic E-state index is 0.0256. The lowest BCUT2D eigenvalue weighted by atomic mass is 10.1. The van der Waals surface area contributed by atoms with Crippen LogP contribution in [-0.2, 0) is 10.0 Å². The molecule has 0 unspecified atom stereocenters. The third-order valence-electron chi connectivity index (χ3n) is 5.67. The molecule has 9 nitrogen and oxygen atoms in total. The van der Waals surface area contributed by atoms with Crippen molar-refractivity contribution in [2.75, 3.05) is 26.2 Å². The van der Waals surface area contributed by atoms with Crippen LogP contribution in [0.4, 0.5) is 0 Å². The van der Waals surface area contributed by atoms with E-state index < -0.39 is 10.0 Å². The quantitative estimate of drug-likeness (QED) is 0.429. The van der Waals surface area contributed by atoms with Gasteiger partial charge in [-0.15, -0.1) is 10.2 Å².